The van der Waals surface area contributed by atoms with Gasteiger partial charge in [0.25, 0.3) is 11.7 Å². The quantitative estimate of drug-likeness (QED) is 0.273. The number of fused-ring (bicyclic) bond motifs is 1. The minimum absolute atomic E-state index is 0. The van der Waals surface area contributed by atoms with Gasteiger partial charge in [-0.05, 0) is 59.1 Å². The van der Waals surface area contributed by atoms with Gasteiger partial charge in [-0.3, -0.25) is 14.6 Å². The number of benzene rings is 3. The largest absolute Gasteiger partial charge is 0.483 e. The van der Waals surface area contributed by atoms with Crippen LogP contribution < -0.4 is 10.5 Å². The van der Waals surface area contributed by atoms with Gasteiger partial charge in [-0.1, -0.05) is 60.7 Å². The highest BCUT2D eigenvalue weighted by Crippen LogP contribution is 2.38. The molecule has 4 aromatic rings. The number of amides is 1. The minimum atomic E-state index is -4.74. The van der Waals surface area contributed by atoms with Crippen molar-refractivity contribution in [2.75, 3.05) is 26.2 Å². The molecule has 1 aromatic heterocycles. The number of ether oxygens (including phenoxy) is 1. The molecule has 2 aliphatic heterocycles. The Hall–Kier alpha value is -3.71. The summed E-state index contributed by atoms with van der Waals surface area (Å²) in [6.07, 6.45) is -2.57. The summed E-state index contributed by atoms with van der Waals surface area (Å²) >= 11 is 0. The Labute approximate surface area is 271 Å². The molecule has 3 aromatic carbocycles. The lowest BCUT2D eigenvalue weighted by Gasteiger charge is -2.47. The topological polar surface area (TPSA) is 102 Å². The Bertz CT molecular complexity index is 1520. The Morgan fingerprint density at radius 3 is 2.27 bits per heavy atom. The first kappa shape index (κ1) is 34.2. The molecule has 2 aliphatic rings. The van der Waals surface area contributed by atoms with Crippen molar-refractivity contribution in [3.05, 3.63) is 101 Å². The Morgan fingerprint density at radius 2 is 1.64 bits per heavy atom. The number of nitrogens with zero attached hydrogens (tertiary/aromatic N) is 6. The molecule has 9 nitrogen and oxygen atoms in total. The zero-order valence-electron chi connectivity index (χ0n) is 24.2. The third kappa shape index (κ3) is 7.58. The van der Waals surface area contributed by atoms with E-state index in [1.54, 1.807) is 6.07 Å². The number of halogens is 5. The summed E-state index contributed by atoms with van der Waals surface area (Å²) < 4.78 is 47.2. The molecule has 2 fully saturated rings. The number of carbonyl (C=O) groups excluding carboxylic acids is 1. The van der Waals surface area contributed by atoms with E-state index in [0.29, 0.717) is 28.6 Å². The van der Waals surface area contributed by atoms with Crippen molar-refractivity contribution in [1.82, 2.24) is 30.0 Å². The molecule has 0 radical (unpaired) electrons. The number of nitrogens with two attached hydrogens (primary N) is 1. The highest BCUT2D eigenvalue weighted by atomic mass is 35.5. The molecule has 0 unspecified atom stereocenters. The van der Waals surface area contributed by atoms with Gasteiger partial charge >= 0.3 is 6.18 Å². The first-order valence-electron chi connectivity index (χ1n) is 14.3. The Morgan fingerprint density at radius 1 is 0.978 bits per heavy atom. The van der Waals surface area contributed by atoms with Crippen molar-refractivity contribution in [1.29, 1.82) is 0 Å². The van der Waals surface area contributed by atoms with Crippen LogP contribution in [0.1, 0.15) is 41.3 Å². The second kappa shape index (κ2) is 14.6. The molecule has 240 valence electrons. The molecule has 1 amide bonds. The van der Waals surface area contributed by atoms with E-state index in [1.165, 1.54) is 23.3 Å². The number of rotatable bonds is 9. The summed E-state index contributed by atoms with van der Waals surface area (Å²) in [7, 11) is 0. The van der Waals surface area contributed by atoms with Gasteiger partial charge in [0.15, 0.2) is 6.61 Å². The fourth-order valence-electron chi connectivity index (χ4n) is 6.51. The van der Waals surface area contributed by atoms with Crippen LogP contribution in [-0.2, 0) is 17.5 Å². The zero-order valence-corrected chi connectivity index (χ0v) is 25.8. The van der Waals surface area contributed by atoms with Gasteiger partial charge in [-0.15, -0.1) is 29.9 Å². The number of primary amides is 1. The van der Waals surface area contributed by atoms with Crippen molar-refractivity contribution >= 4 is 30.7 Å². The normalized spacial score (nSPS) is 18.6. The summed E-state index contributed by atoms with van der Waals surface area (Å²) in [6.45, 7) is 2.58. The van der Waals surface area contributed by atoms with Crippen LogP contribution in [0.2, 0.25) is 0 Å². The molecular weight excluding hydrogens is 630 g/mol. The van der Waals surface area contributed by atoms with Crippen LogP contribution >= 0.6 is 24.8 Å². The van der Waals surface area contributed by atoms with Crippen molar-refractivity contribution in [3.8, 4) is 11.4 Å². The van der Waals surface area contributed by atoms with Gasteiger partial charge in [-0.2, -0.15) is 17.9 Å². The van der Waals surface area contributed by atoms with E-state index < -0.39 is 17.9 Å². The molecule has 0 aliphatic carbocycles. The van der Waals surface area contributed by atoms with E-state index in [9.17, 15) is 18.0 Å². The fourth-order valence-corrected chi connectivity index (χ4v) is 6.51. The number of piperazine rings is 1. The smallest absolute Gasteiger partial charge is 0.453 e. The molecule has 2 N–H and O–H groups in total. The number of tetrazole rings is 1. The predicted octanol–water partition coefficient (Wildman–Crippen LogP) is 4.87. The lowest BCUT2D eigenvalue weighted by atomic mass is 9.82. The number of aromatic nitrogens is 4. The average molecular weight is 665 g/mol. The number of alkyl halides is 3. The Balaban J connectivity index is 0.00000230. The van der Waals surface area contributed by atoms with Gasteiger partial charge in [0.1, 0.15) is 5.75 Å². The van der Waals surface area contributed by atoms with Crippen molar-refractivity contribution in [2.24, 2.45) is 5.73 Å². The van der Waals surface area contributed by atoms with Crippen molar-refractivity contribution in [3.63, 3.8) is 0 Å². The molecule has 0 bridgehead atoms. The summed E-state index contributed by atoms with van der Waals surface area (Å²) in [5, 5.41) is 10.0. The van der Waals surface area contributed by atoms with E-state index in [1.807, 2.05) is 12.1 Å². The predicted molar refractivity (Wildman–Crippen MR) is 167 cm³/mol. The highest BCUT2D eigenvalue weighted by molar-refractivity contribution is 5.85. The van der Waals surface area contributed by atoms with Crippen LogP contribution in [-0.4, -0.2) is 74.2 Å². The molecule has 0 saturated carbocycles. The molecule has 45 heavy (non-hydrogen) atoms. The Kier molecular flexibility index (Phi) is 11.1. The summed E-state index contributed by atoms with van der Waals surface area (Å²) in [5.41, 5.74) is 8.56. The third-order valence-electron chi connectivity index (χ3n) is 8.24. The van der Waals surface area contributed by atoms with Crippen LogP contribution in [0.25, 0.3) is 5.69 Å². The monoisotopic (exact) mass is 663 g/mol. The lowest BCUT2D eigenvalue weighted by molar-refractivity contribution is -0.146. The maximum absolute atomic E-state index is 13.6. The maximum Gasteiger partial charge on any atom is 0.453 e. The third-order valence-corrected chi connectivity index (χ3v) is 8.24. The van der Waals surface area contributed by atoms with E-state index in [-0.39, 0.29) is 49.1 Å². The second-order valence-corrected chi connectivity index (χ2v) is 11.1. The maximum atomic E-state index is 13.6. The summed E-state index contributed by atoms with van der Waals surface area (Å²) in [5.74, 6) is -1.38. The van der Waals surface area contributed by atoms with Crippen LogP contribution in [0, 0.1) is 0 Å². The average Bonchev–Trinajstić information content (AvgIpc) is 3.68. The highest BCUT2D eigenvalue weighted by Gasteiger charge is 2.42. The van der Waals surface area contributed by atoms with Crippen LogP contribution in [0.5, 0.6) is 5.75 Å². The molecule has 14 heteroatoms. The van der Waals surface area contributed by atoms with Crippen molar-refractivity contribution in [2.45, 2.75) is 43.6 Å². The van der Waals surface area contributed by atoms with Gasteiger partial charge in [0, 0.05) is 43.2 Å². The van der Waals surface area contributed by atoms with Crippen LogP contribution in [0.15, 0.2) is 78.9 Å². The van der Waals surface area contributed by atoms with Crippen LogP contribution in [0.3, 0.4) is 0 Å². The summed E-state index contributed by atoms with van der Waals surface area (Å²) in [4.78, 5) is 16.5. The second-order valence-electron chi connectivity index (χ2n) is 11.1. The molecule has 2 atom stereocenters. The first-order valence-corrected chi connectivity index (χ1v) is 14.3. The number of hydrogen-bond acceptors (Lipinski definition) is 7. The standard InChI is InChI=1S/C31H32F3N7O2.2ClH/c32-31(33,34)30-36-37-38-41(30)24-13-14-27(43-20-28(35)42)23(16-24)17-39-18-25-12-7-15-40(25)26(19-39)29(21-8-3-1-4-9-21)22-10-5-2-6-11-22;;/h1-6,8-11,13-14,16,25-26,29H,7,12,15,17-20H2,(H2,35,42);2*1H/t25-,26-;;/m0../s1. The minimum Gasteiger partial charge on any atom is -0.483 e. The number of carbonyl (C=O) groups is 1. The van der Waals surface area contributed by atoms with Gasteiger partial charge in [-0.25, -0.2) is 0 Å². The van der Waals surface area contributed by atoms with E-state index in [2.05, 4.69) is 73.9 Å². The van der Waals surface area contributed by atoms with E-state index in [4.69, 9.17) is 10.5 Å². The van der Waals surface area contributed by atoms with Gasteiger partial charge < -0.3 is 10.5 Å². The van der Waals surface area contributed by atoms with Crippen LogP contribution in [0.4, 0.5) is 13.2 Å². The van der Waals surface area contributed by atoms with E-state index in [0.717, 1.165) is 32.5 Å². The molecular formula is C31H34Cl2F3N7O2. The molecule has 6 rings (SSSR count). The summed E-state index contributed by atoms with van der Waals surface area (Å²) in [6, 6.07) is 26.1. The van der Waals surface area contributed by atoms with Crippen molar-refractivity contribution < 1.29 is 22.7 Å². The molecule has 2 saturated heterocycles. The van der Waals surface area contributed by atoms with E-state index >= 15 is 0 Å². The SMILES string of the molecule is Cl.Cl.NC(=O)COc1ccc(-n2nnnc2C(F)(F)F)cc1CN1C[C@@H]2CCCN2[C@H](C(c2ccccc2)c2ccccc2)C1. The molecule has 3 heterocycles. The zero-order chi connectivity index (χ0) is 30.0. The first-order chi connectivity index (χ1) is 20.8. The fraction of sp³-hybridized carbons (Fsp3) is 0.355. The molecule has 0 spiro atoms. The van der Waals surface area contributed by atoms with Gasteiger partial charge in [0.05, 0.1) is 5.69 Å². The lowest BCUT2D eigenvalue weighted by Crippen LogP contribution is -2.57. The van der Waals surface area contributed by atoms with Gasteiger partial charge in [0.2, 0.25) is 0 Å². The number of hydrogen-bond donors (Lipinski definition) is 1.